The van der Waals surface area contributed by atoms with Gasteiger partial charge in [-0.25, -0.2) is 8.42 Å². The van der Waals surface area contributed by atoms with E-state index in [9.17, 15) is 8.42 Å². The van der Waals surface area contributed by atoms with Gasteiger partial charge in [-0.15, -0.1) is 0 Å². The second-order valence-electron chi connectivity index (χ2n) is 7.29. The van der Waals surface area contributed by atoms with Gasteiger partial charge in [-0.3, -0.25) is 4.72 Å². The molecule has 4 rings (SSSR count). The summed E-state index contributed by atoms with van der Waals surface area (Å²) in [6, 6.07) is 17.1. The molecule has 2 N–H and O–H groups in total. The molecule has 0 aromatic heterocycles. The number of hydrogen-bond donors (Lipinski definition) is 2. The van der Waals surface area contributed by atoms with Gasteiger partial charge in [0.05, 0.1) is 10.6 Å². The summed E-state index contributed by atoms with van der Waals surface area (Å²) >= 11 is 0. The maximum atomic E-state index is 13.2. The van der Waals surface area contributed by atoms with Crippen LogP contribution in [0.1, 0.15) is 11.1 Å². The van der Waals surface area contributed by atoms with E-state index in [0.717, 1.165) is 53.8 Å². The first-order valence-corrected chi connectivity index (χ1v) is 11.0. The number of hydrogen-bond acceptors (Lipinski definition) is 4. The number of benzene rings is 3. The van der Waals surface area contributed by atoms with Gasteiger partial charge in [0.1, 0.15) is 0 Å². The van der Waals surface area contributed by atoms with Gasteiger partial charge in [-0.05, 0) is 37.6 Å². The predicted octanol–water partition coefficient (Wildman–Crippen LogP) is 3.67. The van der Waals surface area contributed by atoms with Crippen LogP contribution < -0.4 is 14.9 Å². The highest BCUT2D eigenvalue weighted by Crippen LogP contribution is 2.33. The third kappa shape index (κ3) is 3.57. The van der Waals surface area contributed by atoms with Crippen molar-refractivity contribution in [2.45, 2.75) is 18.7 Å². The van der Waals surface area contributed by atoms with Crippen LogP contribution >= 0.6 is 0 Å². The van der Waals surface area contributed by atoms with Crippen LogP contribution in [0.5, 0.6) is 0 Å². The Morgan fingerprint density at radius 1 is 0.929 bits per heavy atom. The zero-order valence-corrected chi connectivity index (χ0v) is 17.0. The standard InChI is InChI=1S/C22H25N3O2S/c1-16-7-8-20(17(2)15-16)24-28(26,27)22-10-9-21(25-13-11-23-12-14-25)18-5-3-4-6-19(18)22/h3-10,15,23-24H,11-14H2,1-2H3. The van der Waals surface area contributed by atoms with E-state index in [1.165, 1.54) is 0 Å². The zero-order chi connectivity index (χ0) is 19.7. The first kappa shape index (κ1) is 18.8. The number of nitrogens with zero attached hydrogens (tertiary/aromatic N) is 1. The normalized spacial score (nSPS) is 15.0. The van der Waals surface area contributed by atoms with Crippen LogP contribution in [0.4, 0.5) is 11.4 Å². The van der Waals surface area contributed by atoms with Crippen molar-refractivity contribution in [1.29, 1.82) is 0 Å². The fourth-order valence-electron chi connectivity index (χ4n) is 3.80. The van der Waals surface area contributed by atoms with Gasteiger partial charge in [0.25, 0.3) is 10.0 Å². The van der Waals surface area contributed by atoms with Crippen molar-refractivity contribution in [2.75, 3.05) is 35.8 Å². The van der Waals surface area contributed by atoms with Gasteiger partial charge in [-0.1, -0.05) is 42.0 Å². The molecular formula is C22H25N3O2S. The molecule has 1 heterocycles. The fourth-order valence-corrected chi connectivity index (χ4v) is 5.14. The van der Waals surface area contributed by atoms with Gasteiger partial charge in [0, 0.05) is 42.6 Å². The minimum Gasteiger partial charge on any atom is -0.368 e. The summed E-state index contributed by atoms with van der Waals surface area (Å²) in [6.45, 7) is 7.60. The number of rotatable bonds is 4. The highest BCUT2D eigenvalue weighted by Gasteiger charge is 2.21. The highest BCUT2D eigenvalue weighted by atomic mass is 32.2. The minimum atomic E-state index is -3.70. The van der Waals surface area contributed by atoms with Crippen molar-refractivity contribution >= 4 is 32.2 Å². The number of anilines is 2. The van der Waals surface area contributed by atoms with Crippen LogP contribution in [0.2, 0.25) is 0 Å². The minimum absolute atomic E-state index is 0.307. The molecule has 0 atom stereocenters. The van der Waals surface area contributed by atoms with E-state index >= 15 is 0 Å². The Hall–Kier alpha value is -2.57. The molecule has 5 nitrogen and oxygen atoms in total. The van der Waals surface area contributed by atoms with Crippen molar-refractivity contribution in [2.24, 2.45) is 0 Å². The average molecular weight is 396 g/mol. The lowest BCUT2D eigenvalue weighted by Gasteiger charge is -2.30. The van der Waals surface area contributed by atoms with Gasteiger partial charge in [0.2, 0.25) is 0 Å². The van der Waals surface area contributed by atoms with Gasteiger partial charge in [-0.2, -0.15) is 0 Å². The number of nitrogens with one attached hydrogen (secondary N) is 2. The molecule has 0 spiro atoms. The first-order chi connectivity index (χ1) is 13.5. The van der Waals surface area contributed by atoms with Gasteiger partial charge < -0.3 is 10.2 Å². The maximum Gasteiger partial charge on any atom is 0.262 e. The molecule has 3 aromatic carbocycles. The summed E-state index contributed by atoms with van der Waals surface area (Å²) in [7, 11) is -3.70. The Balaban J connectivity index is 1.78. The van der Waals surface area contributed by atoms with Crippen LogP contribution in [-0.2, 0) is 10.0 Å². The summed E-state index contributed by atoms with van der Waals surface area (Å²) in [4.78, 5) is 2.62. The second kappa shape index (κ2) is 7.45. The largest absolute Gasteiger partial charge is 0.368 e. The van der Waals surface area contributed by atoms with E-state index in [1.54, 1.807) is 6.07 Å². The Bertz CT molecular complexity index is 1120. The molecule has 3 aromatic rings. The molecular weight excluding hydrogens is 370 g/mol. The third-order valence-corrected chi connectivity index (χ3v) is 6.66. The molecule has 146 valence electrons. The number of fused-ring (bicyclic) bond motifs is 1. The van der Waals surface area contributed by atoms with Gasteiger partial charge >= 0.3 is 0 Å². The lowest BCUT2D eigenvalue weighted by Crippen LogP contribution is -2.43. The highest BCUT2D eigenvalue weighted by molar-refractivity contribution is 7.93. The average Bonchev–Trinajstić information content (AvgIpc) is 2.70. The van der Waals surface area contributed by atoms with E-state index < -0.39 is 10.0 Å². The van der Waals surface area contributed by atoms with E-state index in [0.29, 0.717) is 10.6 Å². The summed E-state index contributed by atoms with van der Waals surface area (Å²) < 4.78 is 29.2. The quantitative estimate of drug-likeness (QED) is 0.708. The second-order valence-corrected chi connectivity index (χ2v) is 8.94. The summed E-state index contributed by atoms with van der Waals surface area (Å²) in [6.07, 6.45) is 0. The first-order valence-electron chi connectivity index (χ1n) is 9.53. The van der Waals surface area contributed by atoms with E-state index in [1.807, 2.05) is 62.4 Å². The Kier molecular flexibility index (Phi) is 5.00. The summed E-state index contributed by atoms with van der Waals surface area (Å²) in [5, 5.41) is 5.07. The van der Waals surface area contributed by atoms with Crippen LogP contribution in [-0.4, -0.2) is 34.6 Å². The molecule has 28 heavy (non-hydrogen) atoms. The molecule has 0 amide bonds. The molecule has 6 heteroatoms. The summed E-state index contributed by atoms with van der Waals surface area (Å²) in [5.74, 6) is 0. The smallest absolute Gasteiger partial charge is 0.262 e. The van der Waals surface area contributed by atoms with Crippen molar-refractivity contribution in [3.63, 3.8) is 0 Å². The Labute approximate surface area is 166 Å². The molecule has 1 aliphatic heterocycles. The number of aryl methyl sites for hydroxylation is 2. The number of piperazine rings is 1. The van der Waals surface area contributed by atoms with Gasteiger partial charge in [0.15, 0.2) is 0 Å². The van der Waals surface area contributed by atoms with Crippen LogP contribution in [0.15, 0.2) is 59.5 Å². The molecule has 0 saturated carbocycles. The van der Waals surface area contributed by atoms with Crippen molar-refractivity contribution in [1.82, 2.24) is 5.32 Å². The molecule has 1 saturated heterocycles. The molecule has 0 unspecified atom stereocenters. The monoisotopic (exact) mass is 395 g/mol. The van der Waals surface area contributed by atoms with Crippen LogP contribution in [0.3, 0.4) is 0 Å². The van der Waals surface area contributed by atoms with Crippen LogP contribution in [0.25, 0.3) is 10.8 Å². The lowest BCUT2D eigenvalue weighted by molar-refractivity contribution is 0.590. The Morgan fingerprint density at radius 2 is 1.64 bits per heavy atom. The zero-order valence-electron chi connectivity index (χ0n) is 16.2. The van der Waals surface area contributed by atoms with Crippen LogP contribution in [0, 0.1) is 13.8 Å². The molecule has 1 fully saturated rings. The topological polar surface area (TPSA) is 61.4 Å². The molecule has 1 aliphatic rings. The van der Waals surface area contributed by atoms with E-state index in [-0.39, 0.29) is 0 Å². The fraction of sp³-hybridized carbons (Fsp3) is 0.273. The van der Waals surface area contributed by atoms with Crippen molar-refractivity contribution in [3.05, 3.63) is 65.7 Å². The Morgan fingerprint density at radius 3 is 2.36 bits per heavy atom. The van der Waals surface area contributed by atoms with Crippen molar-refractivity contribution < 1.29 is 8.42 Å². The van der Waals surface area contributed by atoms with E-state index in [2.05, 4.69) is 14.9 Å². The maximum absolute atomic E-state index is 13.2. The number of sulfonamides is 1. The molecule has 0 radical (unpaired) electrons. The lowest BCUT2D eigenvalue weighted by atomic mass is 10.1. The molecule has 0 bridgehead atoms. The third-order valence-electron chi connectivity index (χ3n) is 5.23. The predicted molar refractivity (Wildman–Crippen MR) is 116 cm³/mol. The molecule has 0 aliphatic carbocycles. The SMILES string of the molecule is Cc1ccc(NS(=O)(=O)c2ccc(N3CCNCC3)c3ccccc23)c(C)c1. The van der Waals surface area contributed by atoms with Crippen molar-refractivity contribution in [3.8, 4) is 0 Å². The van der Waals surface area contributed by atoms with E-state index in [4.69, 9.17) is 0 Å². The summed E-state index contributed by atoms with van der Waals surface area (Å²) in [5.41, 5.74) is 3.71.